The van der Waals surface area contributed by atoms with Crippen molar-refractivity contribution in [1.82, 2.24) is 24.7 Å². The molecule has 3 heterocycles. The fraction of sp³-hybridized carbons (Fsp3) is 0.227. The van der Waals surface area contributed by atoms with E-state index in [1.54, 1.807) is 24.5 Å². The highest BCUT2D eigenvalue weighted by molar-refractivity contribution is 6.07. The summed E-state index contributed by atoms with van der Waals surface area (Å²) >= 11 is 0. The number of nitrogens with zero attached hydrogens (tertiary/aromatic N) is 5. The van der Waals surface area contributed by atoms with Gasteiger partial charge in [0.2, 0.25) is 0 Å². The minimum Gasteiger partial charge on any atom is -0.306 e. The largest absolute Gasteiger partial charge is 0.306 e. The van der Waals surface area contributed by atoms with Crippen molar-refractivity contribution in [1.29, 1.82) is 0 Å². The van der Waals surface area contributed by atoms with E-state index < -0.39 is 0 Å². The molecule has 3 aromatic heterocycles. The van der Waals surface area contributed by atoms with Gasteiger partial charge in [-0.05, 0) is 24.1 Å². The summed E-state index contributed by atoms with van der Waals surface area (Å²) in [6.07, 6.45) is 7.65. The first kappa shape index (κ1) is 18.7. The van der Waals surface area contributed by atoms with E-state index in [1.807, 2.05) is 22.9 Å². The smallest absolute Gasteiger partial charge is 0.258 e. The molecular weight excluding hydrogens is 364 g/mol. The van der Waals surface area contributed by atoms with Crippen LogP contribution in [0.15, 0.2) is 61.1 Å². The molecule has 0 bridgehead atoms. The van der Waals surface area contributed by atoms with Crippen molar-refractivity contribution in [3.05, 3.63) is 78.0 Å². The zero-order chi connectivity index (χ0) is 20.1. The lowest BCUT2D eigenvalue weighted by molar-refractivity contribution is 0.102. The van der Waals surface area contributed by atoms with Gasteiger partial charge < -0.3 is 5.32 Å². The summed E-state index contributed by atoms with van der Waals surface area (Å²) in [5.74, 6) is 0.931. The third-order valence-electron chi connectivity index (χ3n) is 4.63. The molecule has 0 spiro atoms. The SMILES string of the molecule is CCCCc1nc(NC(=O)c2cccnc2)c2cnn(Cc3ccccc3)c2n1. The number of fused-ring (bicyclic) bond motifs is 1. The maximum absolute atomic E-state index is 12.6. The molecule has 1 aromatic carbocycles. The molecule has 0 atom stereocenters. The second-order valence-electron chi connectivity index (χ2n) is 6.81. The molecule has 7 heteroatoms. The third kappa shape index (κ3) is 4.29. The van der Waals surface area contributed by atoms with Crippen LogP contribution >= 0.6 is 0 Å². The molecular formula is C22H22N6O. The van der Waals surface area contributed by atoms with Crippen molar-refractivity contribution in [3.63, 3.8) is 0 Å². The molecule has 7 nitrogen and oxygen atoms in total. The maximum Gasteiger partial charge on any atom is 0.258 e. The van der Waals surface area contributed by atoms with Crippen LogP contribution in [-0.4, -0.2) is 30.6 Å². The number of pyridine rings is 1. The van der Waals surface area contributed by atoms with E-state index in [9.17, 15) is 4.79 Å². The number of benzene rings is 1. The molecule has 146 valence electrons. The van der Waals surface area contributed by atoms with E-state index in [0.717, 1.165) is 35.9 Å². The number of hydrogen-bond donors (Lipinski definition) is 1. The molecule has 0 saturated heterocycles. The Kier molecular flexibility index (Phi) is 5.56. The van der Waals surface area contributed by atoms with Crippen LogP contribution in [0.25, 0.3) is 11.0 Å². The van der Waals surface area contributed by atoms with Gasteiger partial charge in [0, 0.05) is 18.8 Å². The standard InChI is InChI=1S/C22H22N6O/c1-2-3-11-19-25-20(27-22(29)17-10-7-12-23-13-17)18-14-24-28(21(18)26-19)15-16-8-5-4-6-9-16/h4-10,12-14H,2-3,11,15H2,1H3,(H,25,26,27,29). The molecule has 29 heavy (non-hydrogen) atoms. The van der Waals surface area contributed by atoms with Crippen molar-refractivity contribution in [2.75, 3.05) is 5.32 Å². The van der Waals surface area contributed by atoms with Crippen LogP contribution in [-0.2, 0) is 13.0 Å². The van der Waals surface area contributed by atoms with Gasteiger partial charge in [-0.3, -0.25) is 9.78 Å². The molecule has 0 aliphatic carbocycles. The van der Waals surface area contributed by atoms with Gasteiger partial charge in [0.15, 0.2) is 5.65 Å². The number of hydrogen-bond acceptors (Lipinski definition) is 5. The number of unbranched alkanes of at least 4 members (excludes halogenated alkanes) is 1. The highest BCUT2D eigenvalue weighted by Crippen LogP contribution is 2.22. The quantitative estimate of drug-likeness (QED) is 0.521. The van der Waals surface area contributed by atoms with Gasteiger partial charge in [0.05, 0.1) is 23.7 Å². The summed E-state index contributed by atoms with van der Waals surface area (Å²) < 4.78 is 1.85. The predicted molar refractivity (Wildman–Crippen MR) is 112 cm³/mol. The van der Waals surface area contributed by atoms with E-state index >= 15 is 0 Å². The maximum atomic E-state index is 12.6. The van der Waals surface area contributed by atoms with E-state index in [0.29, 0.717) is 23.8 Å². The Morgan fingerprint density at radius 2 is 1.93 bits per heavy atom. The second kappa shape index (κ2) is 8.60. The van der Waals surface area contributed by atoms with Crippen molar-refractivity contribution in [2.45, 2.75) is 32.7 Å². The van der Waals surface area contributed by atoms with E-state index in [1.165, 1.54) is 6.20 Å². The first-order valence-corrected chi connectivity index (χ1v) is 9.72. The lowest BCUT2D eigenvalue weighted by atomic mass is 10.2. The van der Waals surface area contributed by atoms with Crippen LogP contribution in [0.2, 0.25) is 0 Å². The van der Waals surface area contributed by atoms with E-state index in [-0.39, 0.29) is 5.91 Å². The fourth-order valence-electron chi connectivity index (χ4n) is 3.09. The average Bonchev–Trinajstić information content (AvgIpc) is 3.16. The zero-order valence-corrected chi connectivity index (χ0v) is 16.2. The Hall–Kier alpha value is -3.61. The Labute approximate surface area is 168 Å². The van der Waals surface area contributed by atoms with E-state index in [2.05, 4.69) is 39.4 Å². The lowest BCUT2D eigenvalue weighted by Gasteiger charge is -2.09. The average molecular weight is 386 g/mol. The number of aromatic nitrogens is 5. The molecule has 4 aromatic rings. The summed E-state index contributed by atoms with van der Waals surface area (Å²) in [5.41, 5.74) is 2.33. The Morgan fingerprint density at radius 3 is 2.69 bits per heavy atom. The van der Waals surface area contributed by atoms with Crippen LogP contribution in [0.1, 0.15) is 41.5 Å². The molecule has 0 saturated carbocycles. The minimum absolute atomic E-state index is 0.254. The van der Waals surface area contributed by atoms with E-state index in [4.69, 9.17) is 4.98 Å². The predicted octanol–water partition coefficient (Wildman–Crippen LogP) is 3.86. The number of nitrogens with one attached hydrogen (secondary N) is 1. The minimum atomic E-state index is -0.254. The number of anilines is 1. The highest BCUT2D eigenvalue weighted by atomic mass is 16.1. The first-order chi connectivity index (χ1) is 14.2. The van der Waals surface area contributed by atoms with Gasteiger partial charge in [0.1, 0.15) is 11.6 Å². The van der Waals surface area contributed by atoms with Gasteiger partial charge in [-0.1, -0.05) is 43.7 Å². The molecule has 0 aliphatic rings. The summed E-state index contributed by atoms with van der Waals surface area (Å²) in [4.78, 5) is 26.0. The number of aryl methyl sites for hydroxylation is 1. The number of amides is 1. The summed E-state index contributed by atoms with van der Waals surface area (Å²) in [6.45, 7) is 2.73. The monoisotopic (exact) mass is 386 g/mol. The molecule has 0 fully saturated rings. The first-order valence-electron chi connectivity index (χ1n) is 9.72. The number of rotatable bonds is 7. The molecule has 4 rings (SSSR count). The summed E-state index contributed by atoms with van der Waals surface area (Å²) in [6, 6.07) is 13.6. The highest BCUT2D eigenvalue weighted by Gasteiger charge is 2.16. The van der Waals surface area contributed by atoms with Gasteiger partial charge in [-0.15, -0.1) is 0 Å². The van der Waals surface area contributed by atoms with Crippen LogP contribution in [0.3, 0.4) is 0 Å². The molecule has 1 amide bonds. The zero-order valence-electron chi connectivity index (χ0n) is 16.2. The lowest BCUT2D eigenvalue weighted by Crippen LogP contribution is -2.15. The Bertz CT molecular complexity index is 1110. The van der Waals surface area contributed by atoms with Gasteiger partial charge >= 0.3 is 0 Å². The van der Waals surface area contributed by atoms with Crippen LogP contribution < -0.4 is 5.32 Å². The molecule has 0 aliphatic heterocycles. The summed E-state index contributed by atoms with van der Waals surface area (Å²) in [7, 11) is 0. The third-order valence-corrected chi connectivity index (χ3v) is 4.63. The van der Waals surface area contributed by atoms with Crippen molar-refractivity contribution < 1.29 is 4.79 Å². The number of carbonyl (C=O) groups excluding carboxylic acids is 1. The van der Waals surface area contributed by atoms with Gasteiger partial charge in [-0.2, -0.15) is 5.10 Å². The molecule has 1 N–H and O–H groups in total. The van der Waals surface area contributed by atoms with Crippen molar-refractivity contribution >= 4 is 22.8 Å². The van der Waals surface area contributed by atoms with Gasteiger partial charge in [-0.25, -0.2) is 14.6 Å². The van der Waals surface area contributed by atoms with Crippen molar-refractivity contribution in [3.8, 4) is 0 Å². The van der Waals surface area contributed by atoms with Crippen LogP contribution in [0, 0.1) is 0 Å². The normalized spacial score (nSPS) is 10.9. The van der Waals surface area contributed by atoms with Crippen LogP contribution in [0.5, 0.6) is 0 Å². The van der Waals surface area contributed by atoms with Crippen molar-refractivity contribution in [2.24, 2.45) is 0 Å². The fourth-order valence-corrected chi connectivity index (χ4v) is 3.09. The Balaban J connectivity index is 1.71. The molecule has 0 unspecified atom stereocenters. The topological polar surface area (TPSA) is 85.6 Å². The second-order valence-corrected chi connectivity index (χ2v) is 6.81. The van der Waals surface area contributed by atoms with Gasteiger partial charge in [0.25, 0.3) is 5.91 Å². The molecule has 0 radical (unpaired) electrons. The van der Waals surface area contributed by atoms with Crippen LogP contribution in [0.4, 0.5) is 5.82 Å². The Morgan fingerprint density at radius 1 is 1.07 bits per heavy atom. The number of carbonyl (C=O) groups is 1. The summed E-state index contributed by atoms with van der Waals surface area (Å²) in [5, 5.41) is 8.14.